The van der Waals surface area contributed by atoms with E-state index < -0.39 is 41.2 Å². The first-order chi connectivity index (χ1) is 23.8. The lowest BCUT2D eigenvalue weighted by molar-refractivity contribution is -0.136. The van der Waals surface area contributed by atoms with Crippen LogP contribution in [0.3, 0.4) is 0 Å². The number of H-pyrrole nitrogens is 1. The Bertz CT molecular complexity index is 1920. The van der Waals surface area contributed by atoms with Gasteiger partial charge in [-0.25, -0.2) is 4.39 Å². The fourth-order valence-corrected chi connectivity index (χ4v) is 7.29. The van der Waals surface area contributed by atoms with E-state index in [0.29, 0.717) is 34.8 Å². The van der Waals surface area contributed by atoms with Crippen molar-refractivity contribution < 1.29 is 23.9 Å². The number of amides is 3. The third-order valence-electron chi connectivity index (χ3n) is 9.52. The Labute approximate surface area is 305 Å². The van der Waals surface area contributed by atoms with Crippen LogP contribution < -0.4 is 21.7 Å². The van der Waals surface area contributed by atoms with Gasteiger partial charge >= 0.3 is 0 Å². The Hall–Kier alpha value is -4.19. The van der Waals surface area contributed by atoms with Crippen molar-refractivity contribution in [1.29, 1.82) is 0 Å². The zero-order chi connectivity index (χ0) is 36.2. The van der Waals surface area contributed by atoms with Gasteiger partial charge in [-0.05, 0) is 78.6 Å². The standard InChI is InChI=1S/C37H40Cl2FN5O4S/c1-3-20(2)32(34(41)50)44-36(49)37(15-14-29-26(19-37)25-17-23(38)18-27(39)33(25)43-29)45-35(48)30(13-10-21-8-11-24(46)12-9-21)42-31(47)16-22-6-4-5-7-28(22)40/h4-9,11-12,17-18,20,30,32,43,46H,3,10,13-16,19H2,1-2H3,(H2,41,50)(H,42,47)(H,44,49)(H,45,48). The second-order valence-corrected chi connectivity index (χ2v) is 14.3. The number of aromatic amines is 1. The van der Waals surface area contributed by atoms with Crippen LogP contribution >= 0.6 is 35.4 Å². The van der Waals surface area contributed by atoms with E-state index in [-0.39, 0.29) is 47.9 Å². The predicted octanol–water partition coefficient (Wildman–Crippen LogP) is 5.84. The number of hydrogen-bond acceptors (Lipinski definition) is 5. The average molecular weight is 741 g/mol. The van der Waals surface area contributed by atoms with Gasteiger partial charge in [0.05, 0.1) is 28.0 Å². The van der Waals surface area contributed by atoms with Crippen LogP contribution in [0.25, 0.3) is 10.9 Å². The molecule has 9 nitrogen and oxygen atoms in total. The number of fused-ring (bicyclic) bond motifs is 3. The molecule has 50 heavy (non-hydrogen) atoms. The Balaban J connectivity index is 1.49. The highest BCUT2D eigenvalue weighted by Gasteiger charge is 2.46. The third-order valence-corrected chi connectivity index (χ3v) is 10.3. The molecule has 0 fully saturated rings. The Morgan fingerprint density at radius 1 is 1.10 bits per heavy atom. The zero-order valence-electron chi connectivity index (χ0n) is 27.7. The fourth-order valence-electron chi connectivity index (χ4n) is 6.46. The van der Waals surface area contributed by atoms with Crippen molar-refractivity contribution in [3.05, 3.63) is 98.9 Å². The van der Waals surface area contributed by atoms with Crippen LogP contribution in [0.15, 0.2) is 60.7 Å². The summed E-state index contributed by atoms with van der Waals surface area (Å²) < 4.78 is 14.4. The average Bonchev–Trinajstić information content (AvgIpc) is 3.44. The Morgan fingerprint density at radius 3 is 2.50 bits per heavy atom. The molecule has 264 valence electrons. The number of rotatable bonds is 13. The second-order valence-electron chi connectivity index (χ2n) is 13.0. The van der Waals surface area contributed by atoms with Gasteiger partial charge in [-0.1, -0.05) is 86.0 Å². The van der Waals surface area contributed by atoms with E-state index in [9.17, 15) is 23.9 Å². The molecule has 1 aliphatic carbocycles. The summed E-state index contributed by atoms with van der Waals surface area (Å²) in [4.78, 5) is 45.6. The highest BCUT2D eigenvalue weighted by atomic mass is 35.5. The number of aromatic nitrogens is 1. The van der Waals surface area contributed by atoms with Gasteiger partial charge in [-0.15, -0.1) is 0 Å². The van der Waals surface area contributed by atoms with Gasteiger partial charge in [-0.2, -0.15) is 0 Å². The summed E-state index contributed by atoms with van der Waals surface area (Å²) >= 11 is 18.3. The van der Waals surface area contributed by atoms with Crippen LogP contribution in [0.4, 0.5) is 4.39 Å². The smallest absolute Gasteiger partial charge is 0.246 e. The Morgan fingerprint density at radius 2 is 1.82 bits per heavy atom. The monoisotopic (exact) mass is 739 g/mol. The minimum absolute atomic E-state index is 0.0789. The number of phenolic OH excluding ortho intramolecular Hbond substituents is 1. The summed E-state index contributed by atoms with van der Waals surface area (Å²) in [7, 11) is 0. The summed E-state index contributed by atoms with van der Waals surface area (Å²) in [6, 6.07) is 14.1. The number of aromatic hydroxyl groups is 1. The molecule has 1 aromatic heterocycles. The minimum atomic E-state index is -1.47. The second kappa shape index (κ2) is 15.8. The summed E-state index contributed by atoms with van der Waals surface area (Å²) in [5.74, 6) is -2.13. The van der Waals surface area contributed by atoms with Gasteiger partial charge in [0.2, 0.25) is 17.7 Å². The van der Waals surface area contributed by atoms with Crippen LogP contribution in [0.1, 0.15) is 55.5 Å². The summed E-state index contributed by atoms with van der Waals surface area (Å²) in [5, 5.41) is 20.2. The fraction of sp³-hybridized carbons (Fsp3) is 0.351. The zero-order valence-corrected chi connectivity index (χ0v) is 30.1. The molecule has 1 heterocycles. The van der Waals surface area contributed by atoms with Crippen LogP contribution in [0.2, 0.25) is 10.0 Å². The van der Waals surface area contributed by atoms with E-state index in [2.05, 4.69) is 20.9 Å². The maximum Gasteiger partial charge on any atom is 0.246 e. The third kappa shape index (κ3) is 8.39. The van der Waals surface area contributed by atoms with Crippen molar-refractivity contribution in [3.63, 3.8) is 0 Å². The molecule has 5 rings (SSSR count). The molecule has 0 aliphatic heterocycles. The number of carbonyl (C=O) groups is 3. The highest BCUT2D eigenvalue weighted by molar-refractivity contribution is 7.80. The molecule has 0 saturated carbocycles. The number of nitrogens with one attached hydrogen (secondary N) is 4. The Kier molecular flexibility index (Phi) is 11.7. The van der Waals surface area contributed by atoms with E-state index >= 15 is 0 Å². The van der Waals surface area contributed by atoms with E-state index in [1.54, 1.807) is 30.3 Å². The van der Waals surface area contributed by atoms with E-state index in [1.807, 2.05) is 13.8 Å². The molecule has 13 heteroatoms. The number of halogens is 3. The molecule has 4 unspecified atom stereocenters. The van der Waals surface area contributed by atoms with Gasteiger partial charge < -0.3 is 31.8 Å². The highest BCUT2D eigenvalue weighted by Crippen LogP contribution is 2.38. The first kappa shape index (κ1) is 37.1. The van der Waals surface area contributed by atoms with Crippen molar-refractivity contribution in [2.75, 3.05) is 0 Å². The van der Waals surface area contributed by atoms with Crippen molar-refractivity contribution in [1.82, 2.24) is 20.9 Å². The maximum atomic E-state index is 14.5. The normalized spacial score (nSPS) is 17.3. The molecule has 0 spiro atoms. The molecular weight excluding hydrogens is 700 g/mol. The van der Waals surface area contributed by atoms with E-state index in [1.165, 1.54) is 30.3 Å². The van der Waals surface area contributed by atoms with Crippen molar-refractivity contribution in [2.45, 2.75) is 76.4 Å². The van der Waals surface area contributed by atoms with Crippen LogP contribution in [-0.4, -0.2) is 50.4 Å². The van der Waals surface area contributed by atoms with Gasteiger partial charge in [-0.3, -0.25) is 14.4 Å². The van der Waals surface area contributed by atoms with Crippen molar-refractivity contribution in [2.24, 2.45) is 11.7 Å². The lowest BCUT2D eigenvalue weighted by Crippen LogP contribution is -2.66. The molecule has 3 aromatic carbocycles. The minimum Gasteiger partial charge on any atom is -0.508 e. The van der Waals surface area contributed by atoms with Gasteiger partial charge in [0, 0.05) is 22.5 Å². The number of carbonyl (C=O) groups excluding carboxylic acids is 3. The molecule has 1 aliphatic rings. The first-order valence-electron chi connectivity index (χ1n) is 16.5. The molecule has 7 N–H and O–H groups in total. The number of thiocarbonyl (C=S) groups is 1. The number of nitrogens with two attached hydrogens (primary N) is 1. The van der Waals surface area contributed by atoms with Crippen molar-refractivity contribution in [3.8, 4) is 5.75 Å². The molecule has 3 amide bonds. The summed E-state index contributed by atoms with van der Waals surface area (Å²) in [6.07, 6.45) is 1.63. The SMILES string of the molecule is CCC(C)C(NC(=O)C1(NC(=O)C(CCc2ccc(O)cc2)NC(=O)Cc2ccccc2F)CCc2[nH]c3c(Cl)cc(Cl)cc3c2C1)C(N)=S. The van der Waals surface area contributed by atoms with E-state index in [0.717, 1.165) is 22.2 Å². The van der Waals surface area contributed by atoms with E-state index in [4.69, 9.17) is 41.2 Å². The number of benzene rings is 3. The largest absolute Gasteiger partial charge is 0.508 e. The first-order valence-corrected chi connectivity index (χ1v) is 17.7. The van der Waals surface area contributed by atoms with Crippen LogP contribution in [-0.2, 0) is 40.1 Å². The maximum absolute atomic E-state index is 14.5. The molecule has 4 atom stereocenters. The van der Waals surface area contributed by atoms with Crippen molar-refractivity contribution >= 4 is 69.0 Å². The van der Waals surface area contributed by atoms with Gasteiger partial charge in [0.1, 0.15) is 23.1 Å². The lowest BCUT2D eigenvalue weighted by atomic mass is 9.78. The van der Waals surface area contributed by atoms with Gasteiger partial charge in [0.15, 0.2) is 0 Å². The number of phenols is 1. The summed E-state index contributed by atoms with van der Waals surface area (Å²) in [6.45, 7) is 3.90. The summed E-state index contributed by atoms with van der Waals surface area (Å²) in [5.41, 5.74) is 7.95. The number of aryl methyl sites for hydroxylation is 2. The van der Waals surface area contributed by atoms with Crippen LogP contribution in [0.5, 0.6) is 5.75 Å². The quantitative estimate of drug-likeness (QED) is 0.0950. The molecule has 4 aromatic rings. The van der Waals surface area contributed by atoms with Gasteiger partial charge in [0.25, 0.3) is 0 Å². The topological polar surface area (TPSA) is 149 Å². The number of hydrogen-bond donors (Lipinski definition) is 6. The molecule has 0 bridgehead atoms. The molecular formula is C37H40Cl2FN5O4S. The predicted molar refractivity (Wildman–Crippen MR) is 198 cm³/mol. The van der Waals surface area contributed by atoms with Crippen LogP contribution in [0, 0.1) is 11.7 Å². The molecule has 0 saturated heterocycles. The molecule has 0 radical (unpaired) electrons. The lowest BCUT2D eigenvalue weighted by Gasteiger charge is -2.39.